The summed E-state index contributed by atoms with van der Waals surface area (Å²) in [5, 5.41) is 10.4. The third-order valence-electron chi connectivity index (χ3n) is 6.70. The van der Waals surface area contributed by atoms with Crippen LogP contribution in [0.5, 0.6) is 0 Å². The molecule has 108 valence electrons. The van der Waals surface area contributed by atoms with E-state index in [1.54, 1.807) is 5.56 Å². The summed E-state index contributed by atoms with van der Waals surface area (Å²) in [6.07, 6.45) is 7.05. The Kier molecular flexibility index (Phi) is 2.69. The summed E-state index contributed by atoms with van der Waals surface area (Å²) in [6, 6.07) is 6.52. The number of nitrogen functional groups attached to an aromatic ring is 1. The quantitative estimate of drug-likeness (QED) is 0.710. The number of rotatable bonds is 0. The molecule has 3 aliphatic carbocycles. The molecule has 5 atom stereocenters. The Morgan fingerprint density at radius 1 is 1.20 bits per heavy atom. The fraction of sp³-hybridized carbons (Fsp3) is 0.667. The van der Waals surface area contributed by atoms with E-state index in [2.05, 4.69) is 25.1 Å². The van der Waals surface area contributed by atoms with Crippen LogP contribution in [-0.2, 0) is 6.42 Å². The van der Waals surface area contributed by atoms with Gasteiger partial charge in [0.2, 0.25) is 0 Å². The molecule has 2 saturated carbocycles. The second kappa shape index (κ2) is 4.24. The summed E-state index contributed by atoms with van der Waals surface area (Å²) in [7, 11) is 0. The van der Waals surface area contributed by atoms with Crippen molar-refractivity contribution >= 4 is 5.69 Å². The van der Waals surface area contributed by atoms with Gasteiger partial charge >= 0.3 is 0 Å². The Morgan fingerprint density at radius 2 is 2.05 bits per heavy atom. The van der Waals surface area contributed by atoms with Gasteiger partial charge in [0.25, 0.3) is 0 Å². The second-order valence-electron chi connectivity index (χ2n) is 7.51. The fourth-order valence-corrected chi connectivity index (χ4v) is 5.57. The zero-order valence-electron chi connectivity index (χ0n) is 12.3. The standard InChI is InChI=1S/C18H25NO/c1-18-9-8-14-13-5-3-12(19)10-11(13)2-4-15(14)16(18)6-7-17(18)20/h3,5,10,14-17,20H,2,4,6-9,19H2,1H3/t14-,15+,16+,17+,18+/m1/s1. The minimum absolute atomic E-state index is 0.0683. The van der Waals surface area contributed by atoms with Gasteiger partial charge in [0, 0.05) is 5.69 Å². The summed E-state index contributed by atoms with van der Waals surface area (Å²) in [5.41, 5.74) is 10.1. The molecule has 2 nitrogen and oxygen atoms in total. The van der Waals surface area contributed by atoms with Gasteiger partial charge in [-0.25, -0.2) is 0 Å². The van der Waals surface area contributed by atoms with Crippen LogP contribution in [0.4, 0.5) is 5.69 Å². The average Bonchev–Trinajstić information content (AvgIpc) is 2.74. The van der Waals surface area contributed by atoms with Gasteiger partial charge in [-0.3, -0.25) is 0 Å². The zero-order valence-corrected chi connectivity index (χ0v) is 12.3. The van der Waals surface area contributed by atoms with Crippen molar-refractivity contribution in [3.05, 3.63) is 29.3 Å². The van der Waals surface area contributed by atoms with Gasteiger partial charge in [0.1, 0.15) is 0 Å². The summed E-state index contributed by atoms with van der Waals surface area (Å²) in [6.45, 7) is 2.34. The molecule has 0 unspecified atom stereocenters. The largest absolute Gasteiger partial charge is 0.399 e. The Labute approximate surface area is 121 Å². The number of nitrogens with two attached hydrogens (primary N) is 1. The van der Waals surface area contributed by atoms with Crippen LogP contribution in [0.25, 0.3) is 0 Å². The minimum Gasteiger partial charge on any atom is -0.399 e. The summed E-state index contributed by atoms with van der Waals surface area (Å²) in [4.78, 5) is 0. The van der Waals surface area contributed by atoms with Crippen LogP contribution in [0.3, 0.4) is 0 Å². The number of anilines is 1. The molecule has 0 saturated heterocycles. The van der Waals surface area contributed by atoms with Crippen LogP contribution in [0.2, 0.25) is 0 Å². The molecule has 1 aromatic rings. The summed E-state index contributed by atoms with van der Waals surface area (Å²) >= 11 is 0. The molecule has 0 heterocycles. The van der Waals surface area contributed by atoms with Crippen LogP contribution < -0.4 is 5.73 Å². The molecule has 2 heteroatoms. The van der Waals surface area contributed by atoms with Crippen molar-refractivity contribution in [3.63, 3.8) is 0 Å². The van der Waals surface area contributed by atoms with Crippen molar-refractivity contribution in [2.45, 2.75) is 57.5 Å². The van der Waals surface area contributed by atoms with Crippen molar-refractivity contribution in [2.75, 3.05) is 5.73 Å². The van der Waals surface area contributed by atoms with Crippen LogP contribution in [-0.4, -0.2) is 11.2 Å². The third kappa shape index (κ3) is 1.60. The van der Waals surface area contributed by atoms with Crippen LogP contribution in [0.15, 0.2) is 18.2 Å². The first kappa shape index (κ1) is 12.7. The van der Waals surface area contributed by atoms with E-state index in [4.69, 9.17) is 5.73 Å². The van der Waals surface area contributed by atoms with Crippen LogP contribution >= 0.6 is 0 Å². The molecule has 0 aromatic heterocycles. The van der Waals surface area contributed by atoms with E-state index in [1.165, 1.54) is 37.7 Å². The molecule has 0 amide bonds. The zero-order chi connectivity index (χ0) is 13.9. The molecule has 3 aliphatic rings. The normalized spacial score (nSPS) is 42.7. The molecule has 20 heavy (non-hydrogen) atoms. The van der Waals surface area contributed by atoms with E-state index < -0.39 is 0 Å². The number of benzene rings is 1. The van der Waals surface area contributed by atoms with Crippen molar-refractivity contribution in [1.82, 2.24) is 0 Å². The Balaban J connectivity index is 1.71. The lowest BCUT2D eigenvalue weighted by Gasteiger charge is -2.50. The van der Waals surface area contributed by atoms with Gasteiger partial charge in [0.15, 0.2) is 0 Å². The summed E-state index contributed by atoms with van der Waals surface area (Å²) < 4.78 is 0. The SMILES string of the molecule is C[C@]12CC[C@@H]3c4ccc(N)cc4CC[C@@H]3[C@@H]1CC[C@@H]2O. The van der Waals surface area contributed by atoms with E-state index in [1.807, 2.05) is 0 Å². The molecule has 3 N–H and O–H groups in total. The smallest absolute Gasteiger partial charge is 0.0596 e. The fourth-order valence-electron chi connectivity index (χ4n) is 5.57. The maximum absolute atomic E-state index is 10.4. The molecule has 4 rings (SSSR count). The van der Waals surface area contributed by atoms with Crippen molar-refractivity contribution in [3.8, 4) is 0 Å². The van der Waals surface area contributed by atoms with E-state index >= 15 is 0 Å². The highest BCUT2D eigenvalue weighted by atomic mass is 16.3. The van der Waals surface area contributed by atoms with Gasteiger partial charge in [-0.05, 0) is 85.0 Å². The van der Waals surface area contributed by atoms with Crippen LogP contribution in [0.1, 0.15) is 56.1 Å². The highest BCUT2D eigenvalue weighted by Gasteiger charge is 2.54. The molecule has 2 fully saturated rings. The number of aryl methyl sites for hydroxylation is 1. The highest BCUT2D eigenvalue weighted by molar-refractivity contribution is 5.47. The predicted molar refractivity (Wildman–Crippen MR) is 81.5 cm³/mol. The number of aliphatic hydroxyl groups excluding tert-OH is 1. The summed E-state index contributed by atoms with van der Waals surface area (Å²) in [5.74, 6) is 2.21. The highest BCUT2D eigenvalue weighted by Crippen LogP contribution is 2.60. The molecule has 0 aliphatic heterocycles. The lowest BCUT2D eigenvalue weighted by Crippen LogP contribution is -2.43. The first-order valence-corrected chi connectivity index (χ1v) is 8.16. The topological polar surface area (TPSA) is 46.2 Å². The van der Waals surface area contributed by atoms with Gasteiger partial charge in [0.05, 0.1) is 6.10 Å². The lowest BCUT2D eigenvalue weighted by atomic mass is 9.55. The Hall–Kier alpha value is -1.02. The molecule has 0 radical (unpaired) electrons. The van der Waals surface area contributed by atoms with Gasteiger partial charge in [-0.1, -0.05) is 13.0 Å². The number of hydrogen-bond donors (Lipinski definition) is 2. The number of fused-ring (bicyclic) bond motifs is 5. The number of aliphatic hydroxyl groups is 1. The first-order valence-electron chi connectivity index (χ1n) is 8.16. The molecule has 1 aromatic carbocycles. The monoisotopic (exact) mass is 271 g/mol. The maximum Gasteiger partial charge on any atom is 0.0596 e. The molecular weight excluding hydrogens is 246 g/mol. The Bertz CT molecular complexity index is 540. The van der Waals surface area contributed by atoms with Crippen molar-refractivity contribution in [1.29, 1.82) is 0 Å². The second-order valence-corrected chi connectivity index (χ2v) is 7.51. The van der Waals surface area contributed by atoms with E-state index in [9.17, 15) is 5.11 Å². The van der Waals surface area contributed by atoms with Gasteiger partial charge in [-0.15, -0.1) is 0 Å². The van der Waals surface area contributed by atoms with Crippen molar-refractivity contribution < 1.29 is 5.11 Å². The molecular formula is C18H25NO. The average molecular weight is 271 g/mol. The van der Waals surface area contributed by atoms with E-state index in [-0.39, 0.29) is 11.5 Å². The van der Waals surface area contributed by atoms with Crippen molar-refractivity contribution in [2.24, 2.45) is 17.3 Å². The maximum atomic E-state index is 10.4. The van der Waals surface area contributed by atoms with Crippen LogP contribution in [0, 0.1) is 17.3 Å². The lowest BCUT2D eigenvalue weighted by molar-refractivity contribution is -0.0226. The van der Waals surface area contributed by atoms with E-state index in [0.717, 1.165) is 23.9 Å². The number of hydrogen-bond acceptors (Lipinski definition) is 2. The Morgan fingerprint density at radius 3 is 2.90 bits per heavy atom. The van der Waals surface area contributed by atoms with Gasteiger partial charge < -0.3 is 10.8 Å². The molecule has 0 bridgehead atoms. The predicted octanol–water partition coefficient (Wildman–Crippen LogP) is 3.49. The minimum atomic E-state index is -0.0683. The third-order valence-corrected chi connectivity index (χ3v) is 6.70. The van der Waals surface area contributed by atoms with E-state index in [0.29, 0.717) is 5.92 Å². The van der Waals surface area contributed by atoms with Gasteiger partial charge in [-0.2, -0.15) is 0 Å². The molecule has 0 spiro atoms. The first-order chi connectivity index (χ1) is 9.59.